The highest BCUT2D eigenvalue weighted by molar-refractivity contribution is 5.93. The summed E-state index contributed by atoms with van der Waals surface area (Å²) in [5.41, 5.74) is 4.44. The summed E-state index contributed by atoms with van der Waals surface area (Å²) in [6, 6.07) is 16.2. The molecule has 2 rings (SSSR count). The molecule has 1 amide bonds. The quantitative estimate of drug-likeness (QED) is 0.872. The summed E-state index contributed by atoms with van der Waals surface area (Å²) in [6.07, 6.45) is 2.36. The largest absolute Gasteiger partial charge is 0.326 e. The molecule has 0 radical (unpaired) electrons. The number of anilines is 1. The van der Waals surface area contributed by atoms with Gasteiger partial charge in [-0.2, -0.15) is 0 Å². The fraction of sp³-hybridized carbons (Fsp3) is 0.278. The molecule has 0 atom stereocenters. The van der Waals surface area contributed by atoms with Crippen LogP contribution in [0, 0.1) is 0 Å². The van der Waals surface area contributed by atoms with E-state index in [1.165, 1.54) is 11.1 Å². The minimum Gasteiger partial charge on any atom is -0.326 e. The molecule has 0 aliphatic rings. The molecule has 0 unspecified atom stereocenters. The van der Waals surface area contributed by atoms with E-state index in [1.807, 2.05) is 36.4 Å². The van der Waals surface area contributed by atoms with Crippen LogP contribution in [0.2, 0.25) is 0 Å². The Labute approximate surface area is 120 Å². The Balaban J connectivity index is 2.01. The van der Waals surface area contributed by atoms with Gasteiger partial charge in [0.15, 0.2) is 0 Å². The van der Waals surface area contributed by atoms with Crippen molar-refractivity contribution in [3.05, 3.63) is 65.2 Å². The van der Waals surface area contributed by atoms with Crippen LogP contribution in [-0.2, 0) is 24.1 Å². The zero-order chi connectivity index (χ0) is 14.4. The lowest BCUT2D eigenvalue weighted by Gasteiger charge is -2.09. The number of rotatable bonds is 5. The topological polar surface area (TPSA) is 29.1 Å². The second-order valence-electron chi connectivity index (χ2n) is 4.91. The van der Waals surface area contributed by atoms with Gasteiger partial charge in [0, 0.05) is 5.69 Å². The number of hydrogen-bond donors (Lipinski definition) is 1. The molecular weight excluding hydrogens is 246 g/mol. The molecule has 0 saturated carbocycles. The van der Waals surface area contributed by atoms with Crippen molar-refractivity contribution in [3.63, 3.8) is 0 Å². The zero-order valence-electron chi connectivity index (χ0n) is 12.1. The van der Waals surface area contributed by atoms with Crippen molar-refractivity contribution < 1.29 is 4.79 Å². The van der Waals surface area contributed by atoms with Crippen LogP contribution in [0.5, 0.6) is 0 Å². The number of nitrogens with one attached hydrogen (secondary N) is 1. The molecule has 104 valence electrons. The van der Waals surface area contributed by atoms with Gasteiger partial charge in [-0.15, -0.1) is 0 Å². The second-order valence-corrected chi connectivity index (χ2v) is 4.91. The molecule has 0 bridgehead atoms. The standard InChI is InChI=1S/C18H21NO/c1-3-14-9-11-15(12-10-14)13-18(20)19-17-8-6-5-7-16(17)4-2/h5-12H,3-4,13H2,1-2H3,(H,19,20). The highest BCUT2D eigenvalue weighted by atomic mass is 16.1. The van der Waals surface area contributed by atoms with E-state index in [4.69, 9.17) is 0 Å². The predicted octanol–water partition coefficient (Wildman–Crippen LogP) is 3.99. The predicted molar refractivity (Wildman–Crippen MR) is 84.0 cm³/mol. The Morgan fingerprint density at radius 3 is 2.20 bits per heavy atom. The number of hydrogen-bond acceptors (Lipinski definition) is 1. The van der Waals surface area contributed by atoms with Crippen molar-refractivity contribution in [3.8, 4) is 0 Å². The van der Waals surface area contributed by atoms with Gasteiger partial charge < -0.3 is 5.32 Å². The molecule has 0 aliphatic heterocycles. The number of amides is 1. The normalized spacial score (nSPS) is 10.3. The molecular formula is C18H21NO. The zero-order valence-corrected chi connectivity index (χ0v) is 12.1. The highest BCUT2D eigenvalue weighted by Gasteiger charge is 2.06. The summed E-state index contributed by atoms with van der Waals surface area (Å²) in [6.45, 7) is 4.22. The lowest BCUT2D eigenvalue weighted by molar-refractivity contribution is -0.115. The van der Waals surface area contributed by atoms with Crippen LogP contribution >= 0.6 is 0 Å². The van der Waals surface area contributed by atoms with Gasteiger partial charge in [-0.05, 0) is 35.6 Å². The monoisotopic (exact) mass is 267 g/mol. The van der Waals surface area contributed by atoms with E-state index < -0.39 is 0 Å². The molecule has 0 aliphatic carbocycles. The first-order valence-electron chi connectivity index (χ1n) is 7.18. The Hall–Kier alpha value is -2.09. The summed E-state index contributed by atoms with van der Waals surface area (Å²) in [5.74, 6) is 0.0372. The average molecular weight is 267 g/mol. The summed E-state index contributed by atoms with van der Waals surface area (Å²) in [5, 5.41) is 3.00. The fourth-order valence-corrected chi connectivity index (χ4v) is 2.22. The SMILES string of the molecule is CCc1ccc(CC(=O)Nc2ccccc2CC)cc1. The van der Waals surface area contributed by atoms with Crippen molar-refractivity contribution in [2.75, 3.05) is 5.32 Å². The van der Waals surface area contributed by atoms with Crippen LogP contribution in [0.25, 0.3) is 0 Å². The summed E-state index contributed by atoms with van der Waals surface area (Å²) >= 11 is 0. The van der Waals surface area contributed by atoms with E-state index in [0.29, 0.717) is 6.42 Å². The molecule has 1 N–H and O–H groups in total. The van der Waals surface area contributed by atoms with Gasteiger partial charge in [-0.1, -0.05) is 56.3 Å². The molecule has 20 heavy (non-hydrogen) atoms. The van der Waals surface area contributed by atoms with Crippen molar-refractivity contribution >= 4 is 11.6 Å². The van der Waals surface area contributed by atoms with Crippen LogP contribution in [-0.4, -0.2) is 5.91 Å². The van der Waals surface area contributed by atoms with Crippen molar-refractivity contribution in [2.24, 2.45) is 0 Å². The van der Waals surface area contributed by atoms with Gasteiger partial charge in [-0.25, -0.2) is 0 Å². The Kier molecular flexibility index (Phi) is 4.94. The molecule has 0 heterocycles. The molecule has 2 aromatic carbocycles. The summed E-state index contributed by atoms with van der Waals surface area (Å²) < 4.78 is 0. The molecule has 2 heteroatoms. The third-order valence-electron chi connectivity index (χ3n) is 3.47. The molecule has 0 fully saturated rings. The molecule has 0 saturated heterocycles. The summed E-state index contributed by atoms with van der Waals surface area (Å²) in [4.78, 5) is 12.1. The van der Waals surface area contributed by atoms with Gasteiger partial charge >= 0.3 is 0 Å². The lowest BCUT2D eigenvalue weighted by atomic mass is 10.1. The van der Waals surface area contributed by atoms with Crippen LogP contribution in [0.4, 0.5) is 5.69 Å². The first-order valence-corrected chi connectivity index (χ1v) is 7.18. The Bertz CT molecular complexity index is 572. The molecule has 2 aromatic rings. The fourth-order valence-electron chi connectivity index (χ4n) is 2.22. The number of carbonyl (C=O) groups excluding carboxylic acids is 1. The molecule has 0 spiro atoms. The second kappa shape index (κ2) is 6.90. The molecule has 2 nitrogen and oxygen atoms in total. The Morgan fingerprint density at radius 2 is 1.55 bits per heavy atom. The van der Waals surface area contributed by atoms with Crippen LogP contribution < -0.4 is 5.32 Å². The van der Waals surface area contributed by atoms with Crippen LogP contribution in [0.15, 0.2) is 48.5 Å². The van der Waals surface area contributed by atoms with Gasteiger partial charge in [-0.3, -0.25) is 4.79 Å². The van der Waals surface area contributed by atoms with Crippen LogP contribution in [0.3, 0.4) is 0 Å². The van der Waals surface area contributed by atoms with E-state index in [2.05, 4.69) is 31.3 Å². The van der Waals surface area contributed by atoms with E-state index in [0.717, 1.165) is 24.1 Å². The smallest absolute Gasteiger partial charge is 0.228 e. The maximum absolute atomic E-state index is 12.1. The maximum Gasteiger partial charge on any atom is 0.228 e. The van der Waals surface area contributed by atoms with Gasteiger partial charge in [0.05, 0.1) is 6.42 Å². The Morgan fingerprint density at radius 1 is 0.900 bits per heavy atom. The first-order chi connectivity index (χ1) is 9.72. The van der Waals surface area contributed by atoms with Crippen LogP contribution in [0.1, 0.15) is 30.5 Å². The minimum atomic E-state index is 0.0372. The lowest BCUT2D eigenvalue weighted by Crippen LogP contribution is -2.15. The number of aryl methyl sites for hydroxylation is 2. The van der Waals surface area contributed by atoms with Gasteiger partial charge in [0.1, 0.15) is 0 Å². The maximum atomic E-state index is 12.1. The number of benzene rings is 2. The van der Waals surface area contributed by atoms with E-state index in [-0.39, 0.29) is 5.91 Å². The third-order valence-corrected chi connectivity index (χ3v) is 3.47. The molecule has 0 aromatic heterocycles. The van der Waals surface area contributed by atoms with E-state index in [9.17, 15) is 4.79 Å². The van der Waals surface area contributed by atoms with Crippen molar-refractivity contribution in [2.45, 2.75) is 33.1 Å². The third kappa shape index (κ3) is 3.70. The van der Waals surface area contributed by atoms with E-state index >= 15 is 0 Å². The number of carbonyl (C=O) groups is 1. The first kappa shape index (κ1) is 14.3. The van der Waals surface area contributed by atoms with E-state index in [1.54, 1.807) is 0 Å². The minimum absolute atomic E-state index is 0.0372. The van der Waals surface area contributed by atoms with Gasteiger partial charge in [0.25, 0.3) is 0 Å². The van der Waals surface area contributed by atoms with Gasteiger partial charge in [0.2, 0.25) is 5.91 Å². The van der Waals surface area contributed by atoms with Crippen molar-refractivity contribution in [1.82, 2.24) is 0 Å². The average Bonchev–Trinajstić information content (AvgIpc) is 2.48. The number of para-hydroxylation sites is 1. The summed E-state index contributed by atoms with van der Waals surface area (Å²) in [7, 11) is 0. The van der Waals surface area contributed by atoms with Crippen molar-refractivity contribution in [1.29, 1.82) is 0 Å². The highest BCUT2D eigenvalue weighted by Crippen LogP contribution is 2.16.